The highest BCUT2D eigenvalue weighted by atomic mass is 79.9. The van der Waals surface area contributed by atoms with Gasteiger partial charge in [0.25, 0.3) is 5.91 Å². The molecule has 0 bridgehead atoms. The summed E-state index contributed by atoms with van der Waals surface area (Å²) in [6, 6.07) is 10.1. The van der Waals surface area contributed by atoms with E-state index in [0.29, 0.717) is 21.4 Å². The van der Waals surface area contributed by atoms with E-state index in [1.54, 1.807) is 25.1 Å². The standard InChI is InChI=1S/C17H12BrF2N3O/c1-10-14(9-21-23(10)13-5-3-12(19)4-6-13)17(24)22-16-7-2-11(18)8-15(16)20/h2-9H,1H3,(H,22,24). The van der Waals surface area contributed by atoms with Crippen LogP contribution in [0.25, 0.3) is 5.69 Å². The topological polar surface area (TPSA) is 46.9 Å². The second-order valence-corrected chi connectivity index (χ2v) is 6.03. The Labute approximate surface area is 145 Å². The molecule has 7 heteroatoms. The Kier molecular flexibility index (Phi) is 4.44. The number of benzene rings is 2. The van der Waals surface area contributed by atoms with Crippen LogP contribution in [0.3, 0.4) is 0 Å². The maximum Gasteiger partial charge on any atom is 0.259 e. The molecular weight excluding hydrogens is 380 g/mol. The number of amides is 1. The first-order valence-corrected chi connectivity index (χ1v) is 7.82. The molecule has 0 aliphatic carbocycles. The molecule has 0 aliphatic rings. The minimum absolute atomic E-state index is 0.0807. The molecule has 1 amide bonds. The Morgan fingerprint density at radius 1 is 1.17 bits per heavy atom. The minimum atomic E-state index is -0.540. The number of hydrogen-bond donors (Lipinski definition) is 1. The quantitative estimate of drug-likeness (QED) is 0.715. The van der Waals surface area contributed by atoms with E-state index in [9.17, 15) is 13.6 Å². The van der Waals surface area contributed by atoms with E-state index >= 15 is 0 Å². The van der Waals surface area contributed by atoms with E-state index in [1.165, 1.54) is 35.1 Å². The lowest BCUT2D eigenvalue weighted by Gasteiger charge is -2.07. The maximum absolute atomic E-state index is 13.8. The fourth-order valence-corrected chi connectivity index (χ4v) is 2.59. The molecule has 3 aromatic rings. The van der Waals surface area contributed by atoms with Crippen molar-refractivity contribution in [3.63, 3.8) is 0 Å². The van der Waals surface area contributed by atoms with Crippen molar-refractivity contribution in [1.29, 1.82) is 0 Å². The second kappa shape index (κ2) is 6.52. The Balaban J connectivity index is 1.87. The zero-order valence-corrected chi connectivity index (χ0v) is 14.1. The lowest BCUT2D eigenvalue weighted by atomic mass is 10.2. The summed E-state index contributed by atoms with van der Waals surface area (Å²) in [7, 11) is 0. The van der Waals surface area contributed by atoms with Crippen molar-refractivity contribution in [1.82, 2.24) is 9.78 Å². The highest BCUT2D eigenvalue weighted by Gasteiger charge is 2.16. The van der Waals surface area contributed by atoms with Crippen molar-refractivity contribution in [3.05, 3.63) is 76.0 Å². The summed E-state index contributed by atoms with van der Waals surface area (Å²) < 4.78 is 28.9. The van der Waals surface area contributed by atoms with Crippen LogP contribution in [0, 0.1) is 18.6 Å². The molecule has 3 rings (SSSR count). The number of anilines is 1. The smallest absolute Gasteiger partial charge is 0.259 e. The number of halogens is 3. The van der Waals surface area contributed by atoms with Crippen molar-refractivity contribution < 1.29 is 13.6 Å². The lowest BCUT2D eigenvalue weighted by molar-refractivity contribution is 0.102. The first-order valence-electron chi connectivity index (χ1n) is 7.02. The largest absolute Gasteiger partial charge is 0.319 e. The molecule has 0 atom stereocenters. The molecule has 2 aromatic carbocycles. The highest BCUT2D eigenvalue weighted by Crippen LogP contribution is 2.21. The first kappa shape index (κ1) is 16.3. The molecule has 1 heterocycles. The minimum Gasteiger partial charge on any atom is -0.319 e. The molecule has 0 aliphatic heterocycles. The van der Waals surface area contributed by atoms with Crippen molar-refractivity contribution in [2.24, 2.45) is 0 Å². The molecule has 1 N–H and O–H groups in total. The van der Waals surface area contributed by atoms with E-state index in [0.717, 1.165) is 0 Å². The molecule has 0 saturated heterocycles. The van der Waals surface area contributed by atoms with Crippen LogP contribution in [0.15, 0.2) is 53.1 Å². The number of hydrogen-bond acceptors (Lipinski definition) is 2. The van der Waals surface area contributed by atoms with Crippen LogP contribution in [0.4, 0.5) is 14.5 Å². The maximum atomic E-state index is 13.8. The SMILES string of the molecule is Cc1c(C(=O)Nc2ccc(Br)cc2F)cnn1-c1ccc(F)cc1. The van der Waals surface area contributed by atoms with E-state index in [1.807, 2.05) is 0 Å². The monoisotopic (exact) mass is 391 g/mol. The summed E-state index contributed by atoms with van der Waals surface area (Å²) in [6.45, 7) is 1.71. The van der Waals surface area contributed by atoms with Gasteiger partial charge in [-0.15, -0.1) is 0 Å². The molecule has 0 unspecified atom stereocenters. The zero-order chi connectivity index (χ0) is 17.3. The van der Waals surface area contributed by atoms with Gasteiger partial charge in [-0.05, 0) is 49.4 Å². The van der Waals surface area contributed by atoms with Crippen molar-refractivity contribution in [2.45, 2.75) is 6.92 Å². The predicted octanol–water partition coefficient (Wildman–Crippen LogP) is 4.47. The fraction of sp³-hybridized carbons (Fsp3) is 0.0588. The molecule has 1 aromatic heterocycles. The predicted molar refractivity (Wildman–Crippen MR) is 90.3 cm³/mol. The molecule has 24 heavy (non-hydrogen) atoms. The third-order valence-corrected chi connectivity index (χ3v) is 4.00. The average Bonchev–Trinajstić information content (AvgIpc) is 2.92. The molecule has 122 valence electrons. The number of carbonyl (C=O) groups is 1. The van der Waals surface area contributed by atoms with E-state index in [-0.39, 0.29) is 11.5 Å². The third-order valence-electron chi connectivity index (χ3n) is 3.50. The highest BCUT2D eigenvalue weighted by molar-refractivity contribution is 9.10. The summed E-state index contributed by atoms with van der Waals surface area (Å²) in [5.41, 5.74) is 1.58. The van der Waals surface area contributed by atoms with E-state index in [4.69, 9.17) is 0 Å². The molecule has 0 spiro atoms. The van der Waals surface area contributed by atoms with Gasteiger partial charge in [0.2, 0.25) is 0 Å². The Morgan fingerprint density at radius 3 is 2.54 bits per heavy atom. The summed E-state index contributed by atoms with van der Waals surface area (Å²) >= 11 is 3.16. The van der Waals surface area contributed by atoms with Gasteiger partial charge in [-0.2, -0.15) is 5.10 Å². The molecule has 0 fully saturated rings. The Hall–Kier alpha value is -2.54. The van der Waals surface area contributed by atoms with Crippen LogP contribution in [-0.4, -0.2) is 15.7 Å². The van der Waals surface area contributed by atoms with E-state index < -0.39 is 11.7 Å². The third kappa shape index (κ3) is 3.21. The van der Waals surface area contributed by atoms with Crippen LogP contribution in [-0.2, 0) is 0 Å². The van der Waals surface area contributed by atoms with Crippen LogP contribution in [0.5, 0.6) is 0 Å². The van der Waals surface area contributed by atoms with Gasteiger partial charge in [0.05, 0.1) is 28.8 Å². The van der Waals surface area contributed by atoms with Crippen molar-refractivity contribution in [2.75, 3.05) is 5.32 Å². The number of nitrogens with zero attached hydrogens (tertiary/aromatic N) is 2. The van der Waals surface area contributed by atoms with Gasteiger partial charge < -0.3 is 5.32 Å². The number of carbonyl (C=O) groups excluding carboxylic acids is 1. The van der Waals surface area contributed by atoms with Gasteiger partial charge in [-0.25, -0.2) is 13.5 Å². The molecule has 0 saturated carbocycles. The molecular formula is C17H12BrF2N3O. The van der Waals surface area contributed by atoms with Gasteiger partial charge in [-0.1, -0.05) is 15.9 Å². The van der Waals surface area contributed by atoms with Crippen LogP contribution >= 0.6 is 15.9 Å². The van der Waals surface area contributed by atoms with Crippen molar-refractivity contribution >= 4 is 27.5 Å². The molecule has 4 nitrogen and oxygen atoms in total. The lowest BCUT2D eigenvalue weighted by Crippen LogP contribution is -2.14. The van der Waals surface area contributed by atoms with Crippen molar-refractivity contribution in [3.8, 4) is 5.69 Å². The normalized spacial score (nSPS) is 10.7. The summed E-state index contributed by atoms with van der Waals surface area (Å²) in [5, 5.41) is 6.67. The number of aromatic nitrogens is 2. The van der Waals surface area contributed by atoms with Crippen LogP contribution in [0.1, 0.15) is 16.1 Å². The Bertz CT molecular complexity index is 907. The van der Waals surface area contributed by atoms with Crippen LogP contribution in [0.2, 0.25) is 0 Å². The number of nitrogens with one attached hydrogen (secondary N) is 1. The van der Waals surface area contributed by atoms with E-state index in [2.05, 4.69) is 26.3 Å². The van der Waals surface area contributed by atoms with Gasteiger partial charge >= 0.3 is 0 Å². The van der Waals surface area contributed by atoms with Gasteiger partial charge in [0.1, 0.15) is 11.6 Å². The summed E-state index contributed by atoms with van der Waals surface area (Å²) in [6.07, 6.45) is 1.39. The fourth-order valence-electron chi connectivity index (χ4n) is 2.26. The summed E-state index contributed by atoms with van der Waals surface area (Å²) in [4.78, 5) is 12.4. The van der Waals surface area contributed by atoms with Gasteiger partial charge in [0.15, 0.2) is 0 Å². The zero-order valence-electron chi connectivity index (χ0n) is 12.6. The van der Waals surface area contributed by atoms with Crippen LogP contribution < -0.4 is 5.32 Å². The van der Waals surface area contributed by atoms with Gasteiger partial charge in [0, 0.05) is 4.47 Å². The first-order chi connectivity index (χ1) is 11.5. The summed E-state index contributed by atoms with van der Waals surface area (Å²) in [5.74, 6) is -1.37. The Morgan fingerprint density at radius 2 is 1.88 bits per heavy atom. The second-order valence-electron chi connectivity index (χ2n) is 5.11. The van der Waals surface area contributed by atoms with Gasteiger partial charge in [-0.3, -0.25) is 4.79 Å². The average molecular weight is 392 g/mol. The molecule has 0 radical (unpaired) electrons. The number of rotatable bonds is 3.